The first-order valence-electron chi connectivity index (χ1n) is 3.92. The molecule has 1 aliphatic rings. The molecule has 0 saturated heterocycles. The largest absolute Gasteiger partial charge is 0.497 e. The van der Waals surface area contributed by atoms with Gasteiger partial charge >= 0.3 is 0 Å². The van der Waals surface area contributed by atoms with Crippen molar-refractivity contribution in [1.29, 1.82) is 0 Å². The highest BCUT2D eigenvalue weighted by molar-refractivity contribution is 5.20. The molecule has 1 atom stereocenters. The van der Waals surface area contributed by atoms with Crippen LogP contribution in [0.4, 0.5) is 0 Å². The predicted octanol–water partition coefficient (Wildman–Crippen LogP) is 2.67. The minimum absolute atomic E-state index is 0.568. The Hall–Kier alpha value is -0.980. The molecule has 1 nitrogen and oxygen atoms in total. The quantitative estimate of drug-likeness (QED) is 0.550. The van der Waals surface area contributed by atoms with Crippen molar-refractivity contribution < 1.29 is 4.74 Å². The Labute approximate surface area is 68.1 Å². The standard InChI is InChI=1S/C10H14O/c1-3-4-9-5-7-10(11-2)8-6-9/h3-5,7-9H,6H2,1-2H3/b4-3+. The molecule has 1 unspecified atom stereocenters. The number of allylic oxidation sites excluding steroid dienone is 5. The van der Waals surface area contributed by atoms with Crippen molar-refractivity contribution in [1.82, 2.24) is 0 Å². The molecule has 11 heavy (non-hydrogen) atoms. The molecule has 0 aromatic rings. The Morgan fingerprint density at radius 3 is 2.91 bits per heavy atom. The highest BCUT2D eigenvalue weighted by Crippen LogP contribution is 2.17. The summed E-state index contributed by atoms with van der Waals surface area (Å²) in [6.45, 7) is 2.05. The molecule has 0 fully saturated rings. The van der Waals surface area contributed by atoms with Crippen LogP contribution in [-0.2, 0) is 4.74 Å². The molecule has 0 bridgehead atoms. The first-order chi connectivity index (χ1) is 5.36. The van der Waals surface area contributed by atoms with Crippen LogP contribution < -0.4 is 0 Å². The van der Waals surface area contributed by atoms with E-state index in [0.29, 0.717) is 5.92 Å². The number of rotatable bonds is 2. The summed E-state index contributed by atoms with van der Waals surface area (Å²) in [4.78, 5) is 0. The van der Waals surface area contributed by atoms with Crippen LogP contribution in [0, 0.1) is 5.92 Å². The van der Waals surface area contributed by atoms with Gasteiger partial charge < -0.3 is 4.74 Å². The van der Waals surface area contributed by atoms with Crippen molar-refractivity contribution in [2.75, 3.05) is 7.11 Å². The molecular weight excluding hydrogens is 136 g/mol. The molecule has 0 spiro atoms. The Kier molecular flexibility index (Phi) is 2.96. The molecule has 0 aromatic heterocycles. The van der Waals surface area contributed by atoms with Crippen LogP contribution >= 0.6 is 0 Å². The van der Waals surface area contributed by atoms with Crippen LogP contribution in [0.3, 0.4) is 0 Å². The minimum atomic E-state index is 0.568. The van der Waals surface area contributed by atoms with Gasteiger partial charge in [0, 0.05) is 0 Å². The fraction of sp³-hybridized carbons (Fsp3) is 0.400. The van der Waals surface area contributed by atoms with Gasteiger partial charge in [0.15, 0.2) is 0 Å². The van der Waals surface area contributed by atoms with Crippen LogP contribution in [-0.4, -0.2) is 7.11 Å². The summed E-state index contributed by atoms with van der Waals surface area (Å²) in [5.74, 6) is 1.55. The fourth-order valence-electron chi connectivity index (χ4n) is 1.16. The topological polar surface area (TPSA) is 9.23 Å². The Balaban J connectivity index is 2.50. The van der Waals surface area contributed by atoms with Crippen LogP contribution in [0.25, 0.3) is 0 Å². The Bertz CT molecular complexity index is 199. The molecule has 0 heterocycles. The zero-order valence-electron chi connectivity index (χ0n) is 7.08. The summed E-state index contributed by atoms with van der Waals surface area (Å²) in [6, 6.07) is 0. The van der Waals surface area contributed by atoms with Crippen LogP contribution in [0.15, 0.2) is 36.1 Å². The minimum Gasteiger partial charge on any atom is -0.497 e. The van der Waals surface area contributed by atoms with Crippen LogP contribution in [0.5, 0.6) is 0 Å². The molecule has 0 amide bonds. The lowest BCUT2D eigenvalue weighted by atomic mass is 10.00. The van der Waals surface area contributed by atoms with Crippen molar-refractivity contribution in [3.8, 4) is 0 Å². The van der Waals surface area contributed by atoms with Gasteiger partial charge in [-0.2, -0.15) is 0 Å². The Morgan fingerprint density at radius 2 is 2.45 bits per heavy atom. The summed E-state index contributed by atoms with van der Waals surface area (Å²) >= 11 is 0. The van der Waals surface area contributed by atoms with E-state index < -0.39 is 0 Å². The molecule has 0 saturated carbocycles. The van der Waals surface area contributed by atoms with E-state index in [0.717, 1.165) is 12.2 Å². The molecule has 0 aliphatic heterocycles. The number of hydrogen-bond acceptors (Lipinski definition) is 1. The second-order valence-electron chi connectivity index (χ2n) is 2.60. The van der Waals surface area contributed by atoms with Crippen molar-refractivity contribution in [2.24, 2.45) is 5.92 Å². The summed E-state index contributed by atoms with van der Waals surface area (Å²) in [6.07, 6.45) is 11.6. The highest BCUT2D eigenvalue weighted by atomic mass is 16.5. The van der Waals surface area contributed by atoms with E-state index in [9.17, 15) is 0 Å². The van der Waals surface area contributed by atoms with E-state index in [4.69, 9.17) is 4.74 Å². The number of hydrogen-bond donors (Lipinski definition) is 0. The van der Waals surface area contributed by atoms with Gasteiger partial charge in [-0.05, 0) is 31.4 Å². The normalized spacial score (nSPS) is 23.8. The molecule has 1 aliphatic carbocycles. The molecule has 1 rings (SSSR count). The molecule has 60 valence electrons. The SMILES string of the molecule is C/C=C/C1C=CC(OC)=CC1. The molecular formula is C10H14O. The molecule has 1 heteroatoms. The summed E-state index contributed by atoms with van der Waals surface area (Å²) in [5, 5.41) is 0. The van der Waals surface area contributed by atoms with Gasteiger partial charge in [-0.15, -0.1) is 0 Å². The second-order valence-corrected chi connectivity index (χ2v) is 2.60. The lowest BCUT2D eigenvalue weighted by molar-refractivity contribution is 0.302. The molecule has 0 aromatic carbocycles. The molecule has 0 radical (unpaired) electrons. The van der Waals surface area contributed by atoms with Gasteiger partial charge in [0.1, 0.15) is 5.76 Å². The van der Waals surface area contributed by atoms with Gasteiger partial charge in [0.2, 0.25) is 0 Å². The maximum Gasteiger partial charge on any atom is 0.114 e. The average Bonchev–Trinajstić information content (AvgIpc) is 2.07. The van der Waals surface area contributed by atoms with E-state index in [1.165, 1.54) is 0 Å². The monoisotopic (exact) mass is 150 g/mol. The predicted molar refractivity (Wildman–Crippen MR) is 47.2 cm³/mol. The summed E-state index contributed by atoms with van der Waals surface area (Å²) in [5.41, 5.74) is 0. The third kappa shape index (κ3) is 2.26. The average molecular weight is 150 g/mol. The fourth-order valence-corrected chi connectivity index (χ4v) is 1.16. The highest BCUT2D eigenvalue weighted by Gasteiger charge is 2.03. The van der Waals surface area contributed by atoms with Crippen LogP contribution in [0.1, 0.15) is 13.3 Å². The second kappa shape index (κ2) is 4.02. The van der Waals surface area contributed by atoms with Gasteiger partial charge in [-0.3, -0.25) is 0 Å². The molecule has 0 N–H and O–H groups in total. The van der Waals surface area contributed by atoms with Gasteiger partial charge in [0.05, 0.1) is 7.11 Å². The summed E-state index contributed by atoms with van der Waals surface area (Å²) in [7, 11) is 1.70. The van der Waals surface area contributed by atoms with E-state index >= 15 is 0 Å². The maximum atomic E-state index is 5.07. The lowest BCUT2D eigenvalue weighted by Gasteiger charge is -2.10. The lowest BCUT2D eigenvalue weighted by Crippen LogP contribution is -1.96. The Morgan fingerprint density at radius 1 is 1.64 bits per heavy atom. The van der Waals surface area contributed by atoms with Crippen molar-refractivity contribution in [3.05, 3.63) is 36.1 Å². The first-order valence-corrected chi connectivity index (χ1v) is 3.92. The van der Waals surface area contributed by atoms with Crippen molar-refractivity contribution in [3.63, 3.8) is 0 Å². The maximum absolute atomic E-state index is 5.07. The number of methoxy groups -OCH3 is 1. The van der Waals surface area contributed by atoms with Crippen LogP contribution in [0.2, 0.25) is 0 Å². The van der Waals surface area contributed by atoms with E-state index in [2.05, 4.69) is 24.3 Å². The van der Waals surface area contributed by atoms with Crippen molar-refractivity contribution >= 4 is 0 Å². The van der Waals surface area contributed by atoms with E-state index in [1.54, 1.807) is 7.11 Å². The van der Waals surface area contributed by atoms with Gasteiger partial charge in [-0.1, -0.05) is 18.2 Å². The summed E-state index contributed by atoms with van der Waals surface area (Å²) < 4.78 is 5.07. The van der Waals surface area contributed by atoms with E-state index in [-0.39, 0.29) is 0 Å². The van der Waals surface area contributed by atoms with Crippen molar-refractivity contribution in [2.45, 2.75) is 13.3 Å². The third-order valence-corrected chi connectivity index (χ3v) is 1.77. The third-order valence-electron chi connectivity index (χ3n) is 1.77. The smallest absolute Gasteiger partial charge is 0.114 e. The zero-order valence-corrected chi connectivity index (χ0v) is 7.08. The van der Waals surface area contributed by atoms with E-state index in [1.807, 2.05) is 13.0 Å². The van der Waals surface area contributed by atoms with Gasteiger partial charge in [-0.25, -0.2) is 0 Å². The van der Waals surface area contributed by atoms with Gasteiger partial charge in [0.25, 0.3) is 0 Å². The number of ether oxygens (including phenoxy) is 1. The first kappa shape index (κ1) is 8.12. The zero-order chi connectivity index (χ0) is 8.10.